The summed E-state index contributed by atoms with van der Waals surface area (Å²) in [5, 5.41) is 4.38. The van der Waals surface area contributed by atoms with Gasteiger partial charge in [-0.25, -0.2) is 4.39 Å². The van der Waals surface area contributed by atoms with Crippen molar-refractivity contribution in [2.24, 2.45) is 0 Å². The van der Waals surface area contributed by atoms with Crippen molar-refractivity contribution in [3.8, 4) is 39.1 Å². The second-order valence-electron chi connectivity index (χ2n) is 16.7. The molecule has 0 atom stereocenters. The Kier molecular flexibility index (Phi) is 7.76. The lowest BCUT2D eigenvalue weighted by molar-refractivity contribution is 0.629. The standard InChI is InChI=1S/C57H39FN2O/c1-57(2)51-18-6-3-13-45(51)46-32-30-43(35-52(46)57)59(41-28-23-37(24-29-41)44-16-10-17-50-49-15-5-8-20-55(49)61-56(44)50)40-26-21-36(22-27-40)38-11-9-12-42(33-38)60-53-19-7-4-14-47(53)48-31-25-39(58)34-54(48)60/h3-35H,1-2H3. The van der Waals surface area contributed by atoms with Gasteiger partial charge in [-0.15, -0.1) is 0 Å². The van der Waals surface area contributed by atoms with Crippen LogP contribution < -0.4 is 4.90 Å². The van der Waals surface area contributed by atoms with E-state index < -0.39 is 0 Å². The number of fused-ring (bicyclic) bond motifs is 9. The van der Waals surface area contributed by atoms with Crippen molar-refractivity contribution in [3.05, 3.63) is 217 Å². The maximum Gasteiger partial charge on any atom is 0.143 e. The van der Waals surface area contributed by atoms with Gasteiger partial charge in [-0.3, -0.25) is 0 Å². The first kappa shape index (κ1) is 35.3. The predicted octanol–water partition coefficient (Wildman–Crippen LogP) is 15.9. The van der Waals surface area contributed by atoms with Gasteiger partial charge in [-0.05, 0) is 118 Å². The van der Waals surface area contributed by atoms with Gasteiger partial charge in [0.25, 0.3) is 0 Å². The number of halogens is 1. The third kappa shape index (κ3) is 5.49. The van der Waals surface area contributed by atoms with Crippen molar-refractivity contribution in [2.45, 2.75) is 19.3 Å². The Morgan fingerprint density at radius 3 is 1.92 bits per heavy atom. The fraction of sp³-hybridized carbons (Fsp3) is 0.0526. The van der Waals surface area contributed by atoms with Crippen LogP contribution in [0.3, 0.4) is 0 Å². The molecule has 0 aliphatic heterocycles. The number of hydrogen-bond donors (Lipinski definition) is 0. The molecule has 0 unspecified atom stereocenters. The molecule has 0 N–H and O–H groups in total. The smallest absolute Gasteiger partial charge is 0.143 e. The molecular formula is C57H39FN2O. The van der Waals surface area contributed by atoms with Crippen molar-refractivity contribution in [3.63, 3.8) is 0 Å². The van der Waals surface area contributed by atoms with Gasteiger partial charge in [0.05, 0.1) is 11.0 Å². The van der Waals surface area contributed by atoms with Crippen LogP contribution in [-0.2, 0) is 5.41 Å². The van der Waals surface area contributed by atoms with Crippen molar-refractivity contribution in [1.29, 1.82) is 0 Å². The molecule has 12 rings (SSSR count). The normalized spacial score (nSPS) is 13.0. The van der Waals surface area contributed by atoms with Gasteiger partial charge >= 0.3 is 0 Å². The molecular weight excluding hydrogens is 748 g/mol. The summed E-state index contributed by atoms with van der Waals surface area (Å²) in [6, 6.07) is 69.9. The van der Waals surface area contributed by atoms with E-state index in [-0.39, 0.29) is 11.2 Å². The van der Waals surface area contributed by atoms with E-state index in [1.165, 1.54) is 22.3 Å². The molecule has 290 valence electrons. The molecule has 0 amide bonds. The molecule has 61 heavy (non-hydrogen) atoms. The predicted molar refractivity (Wildman–Crippen MR) is 251 cm³/mol. The van der Waals surface area contributed by atoms with Gasteiger partial charge < -0.3 is 13.9 Å². The summed E-state index contributed by atoms with van der Waals surface area (Å²) in [4.78, 5) is 2.36. The molecule has 0 bridgehead atoms. The first-order chi connectivity index (χ1) is 29.9. The van der Waals surface area contributed by atoms with Crippen LogP contribution in [0.4, 0.5) is 21.5 Å². The Balaban J connectivity index is 0.957. The summed E-state index contributed by atoms with van der Waals surface area (Å²) in [5.41, 5.74) is 17.4. The molecule has 2 aromatic heterocycles. The fourth-order valence-corrected chi connectivity index (χ4v) is 9.89. The highest BCUT2D eigenvalue weighted by Crippen LogP contribution is 2.51. The number of nitrogens with zero attached hydrogens (tertiary/aromatic N) is 2. The minimum Gasteiger partial charge on any atom is -0.455 e. The zero-order chi connectivity index (χ0) is 40.8. The van der Waals surface area contributed by atoms with Crippen LogP contribution in [0, 0.1) is 5.82 Å². The number of rotatable bonds is 6. The first-order valence-corrected chi connectivity index (χ1v) is 20.9. The highest BCUT2D eigenvalue weighted by atomic mass is 19.1. The zero-order valence-electron chi connectivity index (χ0n) is 33.7. The summed E-state index contributed by atoms with van der Waals surface area (Å²) >= 11 is 0. The molecule has 0 fully saturated rings. The third-order valence-corrected chi connectivity index (χ3v) is 12.9. The number of benzene rings is 9. The lowest BCUT2D eigenvalue weighted by Gasteiger charge is -2.28. The first-order valence-electron chi connectivity index (χ1n) is 20.9. The summed E-state index contributed by atoms with van der Waals surface area (Å²) in [5.74, 6) is -0.248. The van der Waals surface area contributed by atoms with Crippen LogP contribution in [0.15, 0.2) is 205 Å². The molecule has 0 radical (unpaired) electrons. The summed E-state index contributed by atoms with van der Waals surface area (Å²) in [7, 11) is 0. The fourth-order valence-electron chi connectivity index (χ4n) is 9.89. The van der Waals surface area contributed by atoms with Crippen molar-refractivity contribution >= 4 is 60.8 Å². The molecule has 9 aromatic carbocycles. The largest absolute Gasteiger partial charge is 0.455 e. The third-order valence-electron chi connectivity index (χ3n) is 12.9. The maximum atomic E-state index is 14.7. The molecule has 1 aliphatic rings. The number of para-hydroxylation sites is 3. The van der Waals surface area contributed by atoms with Gasteiger partial charge in [0.2, 0.25) is 0 Å². The van der Waals surface area contributed by atoms with Gasteiger partial charge in [-0.1, -0.05) is 135 Å². The van der Waals surface area contributed by atoms with Crippen molar-refractivity contribution in [2.75, 3.05) is 4.90 Å². The van der Waals surface area contributed by atoms with Gasteiger partial charge in [0.15, 0.2) is 0 Å². The maximum absolute atomic E-state index is 14.7. The summed E-state index contributed by atoms with van der Waals surface area (Å²) in [6.45, 7) is 4.66. The second-order valence-corrected chi connectivity index (χ2v) is 16.7. The summed E-state index contributed by atoms with van der Waals surface area (Å²) < 4.78 is 23.3. The molecule has 2 heterocycles. The van der Waals surface area contributed by atoms with Crippen LogP contribution in [0.5, 0.6) is 0 Å². The average Bonchev–Trinajstić information content (AvgIpc) is 3.92. The lowest BCUT2D eigenvalue weighted by atomic mass is 9.82. The van der Waals surface area contributed by atoms with E-state index in [0.29, 0.717) is 0 Å². The molecule has 0 saturated carbocycles. The Hall–Kier alpha value is -7.69. The number of anilines is 3. The van der Waals surface area contributed by atoms with E-state index in [9.17, 15) is 4.39 Å². The van der Waals surface area contributed by atoms with Gasteiger partial charge in [0.1, 0.15) is 17.0 Å². The quantitative estimate of drug-likeness (QED) is 0.167. The number of aromatic nitrogens is 1. The highest BCUT2D eigenvalue weighted by Gasteiger charge is 2.35. The van der Waals surface area contributed by atoms with E-state index in [4.69, 9.17) is 4.42 Å². The van der Waals surface area contributed by atoms with Gasteiger partial charge in [0, 0.05) is 55.3 Å². The average molecular weight is 787 g/mol. The minimum absolute atomic E-state index is 0.139. The highest BCUT2D eigenvalue weighted by molar-refractivity contribution is 6.10. The Morgan fingerprint density at radius 2 is 1.08 bits per heavy atom. The minimum atomic E-state index is -0.248. The topological polar surface area (TPSA) is 21.3 Å². The molecule has 1 aliphatic carbocycles. The lowest BCUT2D eigenvalue weighted by Crippen LogP contribution is -2.16. The van der Waals surface area contributed by atoms with Gasteiger partial charge in [-0.2, -0.15) is 0 Å². The van der Waals surface area contributed by atoms with E-state index in [0.717, 1.165) is 88.7 Å². The molecule has 3 nitrogen and oxygen atoms in total. The molecule has 0 spiro atoms. The van der Waals surface area contributed by atoms with E-state index in [2.05, 4.69) is 181 Å². The van der Waals surface area contributed by atoms with Crippen LogP contribution in [-0.4, -0.2) is 4.57 Å². The zero-order valence-corrected chi connectivity index (χ0v) is 33.7. The van der Waals surface area contributed by atoms with E-state index in [1.807, 2.05) is 30.3 Å². The van der Waals surface area contributed by atoms with Crippen LogP contribution in [0.25, 0.3) is 82.8 Å². The molecule has 11 aromatic rings. The van der Waals surface area contributed by atoms with Crippen LogP contribution in [0.1, 0.15) is 25.0 Å². The number of furan rings is 1. The van der Waals surface area contributed by atoms with Crippen LogP contribution >= 0.6 is 0 Å². The Labute approximate surface area is 353 Å². The van der Waals surface area contributed by atoms with E-state index in [1.54, 1.807) is 12.1 Å². The summed E-state index contributed by atoms with van der Waals surface area (Å²) in [6.07, 6.45) is 0. The van der Waals surface area contributed by atoms with Crippen LogP contribution in [0.2, 0.25) is 0 Å². The molecule has 4 heteroatoms. The number of hydrogen-bond acceptors (Lipinski definition) is 2. The van der Waals surface area contributed by atoms with Crippen molar-refractivity contribution < 1.29 is 8.81 Å². The second kappa shape index (κ2) is 13.4. The Morgan fingerprint density at radius 1 is 0.443 bits per heavy atom. The monoisotopic (exact) mass is 786 g/mol. The van der Waals surface area contributed by atoms with E-state index >= 15 is 0 Å². The Bertz CT molecular complexity index is 3520. The van der Waals surface area contributed by atoms with Crippen molar-refractivity contribution in [1.82, 2.24) is 4.57 Å². The SMILES string of the molecule is CC1(C)c2ccccc2-c2ccc(N(c3ccc(-c4cccc(-n5c6ccccc6c6ccc(F)cc65)c4)cc3)c3ccc(-c4cccc5c4oc4ccccc45)cc3)cc21. The molecule has 0 saturated heterocycles.